The molecular formula is C13H16F3NO2. The first-order valence-corrected chi connectivity index (χ1v) is 5.67. The molecule has 0 bridgehead atoms. The van der Waals surface area contributed by atoms with Crippen LogP contribution < -0.4 is 0 Å². The minimum absolute atomic E-state index is 0.461. The highest BCUT2D eigenvalue weighted by Crippen LogP contribution is 2.34. The molecule has 19 heavy (non-hydrogen) atoms. The molecule has 1 unspecified atom stereocenters. The fourth-order valence-electron chi connectivity index (χ4n) is 1.83. The van der Waals surface area contributed by atoms with E-state index in [1.807, 2.05) is 0 Å². The molecule has 0 saturated heterocycles. The molecule has 0 saturated carbocycles. The Bertz CT molecular complexity index is 464. The Morgan fingerprint density at radius 3 is 2.32 bits per heavy atom. The van der Waals surface area contributed by atoms with E-state index in [2.05, 4.69) is 4.98 Å². The molecule has 1 rings (SSSR count). The summed E-state index contributed by atoms with van der Waals surface area (Å²) in [6.07, 6.45) is -3.61. The highest BCUT2D eigenvalue weighted by Gasteiger charge is 2.39. The van der Waals surface area contributed by atoms with Gasteiger partial charge in [0.1, 0.15) is 6.10 Å². The van der Waals surface area contributed by atoms with Crippen LogP contribution in [0.5, 0.6) is 0 Å². The number of halogens is 3. The highest BCUT2D eigenvalue weighted by molar-refractivity contribution is 6.01. The number of aromatic nitrogens is 1. The molecule has 6 heteroatoms. The first-order valence-electron chi connectivity index (χ1n) is 5.67. The van der Waals surface area contributed by atoms with Crippen LogP contribution in [0.1, 0.15) is 36.7 Å². The standard InChI is InChI=1S/C13H16F3NO2/c1-12(2,3)11(19-4)10(18)8-7-17-6-5-9(8)13(14,15)16/h5-7,11H,1-4H3. The van der Waals surface area contributed by atoms with Crippen LogP contribution in [0.25, 0.3) is 0 Å². The Hall–Kier alpha value is -1.43. The molecule has 106 valence electrons. The Morgan fingerprint density at radius 1 is 1.32 bits per heavy atom. The molecule has 0 spiro atoms. The Balaban J connectivity index is 3.27. The van der Waals surface area contributed by atoms with Crippen molar-refractivity contribution in [2.75, 3.05) is 7.11 Å². The van der Waals surface area contributed by atoms with Gasteiger partial charge in [0.15, 0.2) is 5.78 Å². The first kappa shape index (κ1) is 15.6. The summed E-state index contributed by atoms with van der Waals surface area (Å²) in [5, 5.41) is 0. The number of carbonyl (C=O) groups is 1. The predicted molar refractivity (Wildman–Crippen MR) is 63.8 cm³/mol. The third-order valence-electron chi connectivity index (χ3n) is 2.65. The minimum atomic E-state index is -4.59. The van der Waals surface area contributed by atoms with Gasteiger partial charge in [0, 0.05) is 19.5 Å². The average Bonchev–Trinajstić information content (AvgIpc) is 2.26. The third kappa shape index (κ3) is 3.53. The van der Waals surface area contributed by atoms with Crippen molar-refractivity contribution in [2.24, 2.45) is 5.41 Å². The molecular weight excluding hydrogens is 259 g/mol. The Labute approximate surface area is 109 Å². The van der Waals surface area contributed by atoms with Crippen LogP contribution in [-0.2, 0) is 10.9 Å². The smallest absolute Gasteiger partial charge is 0.373 e. The van der Waals surface area contributed by atoms with E-state index >= 15 is 0 Å². The van der Waals surface area contributed by atoms with E-state index in [-0.39, 0.29) is 0 Å². The number of alkyl halides is 3. The van der Waals surface area contributed by atoms with E-state index in [9.17, 15) is 18.0 Å². The molecule has 0 fully saturated rings. The topological polar surface area (TPSA) is 39.2 Å². The van der Waals surface area contributed by atoms with Gasteiger partial charge in [-0.25, -0.2) is 0 Å². The summed E-state index contributed by atoms with van der Waals surface area (Å²) in [6.45, 7) is 5.17. The van der Waals surface area contributed by atoms with E-state index in [0.717, 1.165) is 18.5 Å². The molecule has 1 heterocycles. The lowest BCUT2D eigenvalue weighted by Crippen LogP contribution is -2.37. The number of nitrogens with zero attached hydrogens (tertiary/aromatic N) is 1. The molecule has 1 atom stereocenters. The van der Waals surface area contributed by atoms with E-state index < -0.39 is 34.6 Å². The number of Topliss-reactive ketones (excluding diaryl/α,β-unsaturated/α-hetero) is 1. The zero-order valence-electron chi connectivity index (χ0n) is 11.2. The van der Waals surface area contributed by atoms with Crippen LogP contribution in [0, 0.1) is 5.41 Å². The molecule has 1 aromatic heterocycles. The molecule has 0 radical (unpaired) electrons. The number of ketones is 1. The minimum Gasteiger partial charge on any atom is -0.373 e. The third-order valence-corrected chi connectivity index (χ3v) is 2.65. The predicted octanol–water partition coefficient (Wildman–Crippen LogP) is 3.34. The average molecular weight is 275 g/mol. The van der Waals surface area contributed by atoms with Crippen LogP contribution >= 0.6 is 0 Å². The first-order chi connectivity index (χ1) is 8.59. The molecule has 0 amide bonds. The summed E-state index contributed by atoms with van der Waals surface area (Å²) in [5.41, 5.74) is -2.06. The van der Waals surface area contributed by atoms with Crippen molar-refractivity contribution in [3.63, 3.8) is 0 Å². The van der Waals surface area contributed by atoms with Crippen LogP contribution in [0.15, 0.2) is 18.5 Å². The summed E-state index contributed by atoms with van der Waals surface area (Å²) in [7, 11) is 1.30. The number of hydrogen-bond donors (Lipinski definition) is 0. The lowest BCUT2D eigenvalue weighted by Gasteiger charge is -2.28. The van der Waals surface area contributed by atoms with E-state index in [0.29, 0.717) is 0 Å². The van der Waals surface area contributed by atoms with Gasteiger partial charge in [-0.1, -0.05) is 20.8 Å². The second-order valence-electron chi connectivity index (χ2n) is 5.27. The van der Waals surface area contributed by atoms with Gasteiger partial charge in [-0.2, -0.15) is 13.2 Å². The summed E-state index contributed by atoms with van der Waals surface area (Å²) in [5.74, 6) is -0.713. The zero-order valence-corrected chi connectivity index (χ0v) is 11.2. The zero-order chi connectivity index (χ0) is 14.8. The molecule has 0 aliphatic rings. The van der Waals surface area contributed by atoms with Gasteiger partial charge in [-0.05, 0) is 11.5 Å². The van der Waals surface area contributed by atoms with Gasteiger partial charge >= 0.3 is 6.18 Å². The Kier molecular flexibility index (Phi) is 4.35. The number of carbonyl (C=O) groups excluding carboxylic acids is 1. The SMILES string of the molecule is COC(C(=O)c1cnccc1C(F)(F)F)C(C)(C)C. The van der Waals surface area contributed by atoms with Crippen LogP contribution in [0.2, 0.25) is 0 Å². The summed E-state index contributed by atoms with van der Waals surface area (Å²) in [4.78, 5) is 15.8. The number of rotatable bonds is 3. The van der Waals surface area contributed by atoms with E-state index in [1.54, 1.807) is 20.8 Å². The van der Waals surface area contributed by atoms with Gasteiger partial charge in [0.2, 0.25) is 0 Å². The molecule has 0 N–H and O–H groups in total. The van der Waals surface area contributed by atoms with Crippen molar-refractivity contribution in [3.05, 3.63) is 29.6 Å². The van der Waals surface area contributed by atoms with Gasteiger partial charge in [-0.15, -0.1) is 0 Å². The molecule has 0 aromatic carbocycles. The van der Waals surface area contributed by atoms with Crippen LogP contribution in [0.3, 0.4) is 0 Å². The Morgan fingerprint density at radius 2 is 1.89 bits per heavy atom. The van der Waals surface area contributed by atoms with Crippen molar-refractivity contribution in [1.82, 2.24) is 4.98 Å². The van der Waals surface area contributed by atoms with E-state index in [1.165, 1.54) is 7.11 Å². The molecule has 1 aromatic rings. The van der Waals surface area contributed by atoms with E-state index in [4.69, 9.17) is 4.74 Å². The molecule has 3 nitrogen and oxygen atoms in total. The number of methoxy groups -OCH3 is 1. The lowest BCUT2D eigenvalue weighted by molar-refractivity contribution is -0.138. The maximum Gasteiger partial charge on any atom is 0.417 e. The highest BCUT2D eigenvalue weighted by atomic mass is 19.4. The van der Waals surface area contributed by atoms with Gasteiger partial charge in [0.25, 0.3) is 0 Å². The number of hydrogen-bond acceptors (Lipinski definition) is 3. The van der Waals surface area contributed by atoms with Gasteiger partial charge in [-0.3, -0.25) is 9.78 Å². The normalized spacial score (nSPS) is 14.3. The molecule has 0 aliphatic heterocycles. The van der Waals surface area contributed by atoms with Crippen molar-refractivity contribution >= 4 is 5.78 Å². The van der Waals surface area contributed by atoms with Crippen LogP contribution in [0.4, 0.5) is 13.2 Å². The van der Waals surface area contributed by atoms with Crippen molar-refractivity contribution in [3.8, 4) is 0 Å². The second-order valence-corrected chi connectivity index (χ2v) is 5.27. The maximum atomic E-state index is 12.9. The van der Waals surface area contributed by atoms with Crippen molar-refractivity contribution in [1.29, 1.82) is 0 Å². The fraction of sp³-hybridized carbons (Fsp3) is 0.538. The maximum absolute atomic E-state index is 12.9. The fourth-order valence-corrected chi connectivity index (χ4v) is 1.83. The summed E-state index contributed by atoms with van der Waals surface area (Å²) in [6, 6.07) is 0.794. The number of ether oxygens (including phenoxy) is 1. The van der Waals surface area contributed by atoms with Crippen molar-refractivity contribution < 1.29 is 22.7 Å². The summed E-state index contributed by atoms with van der Waals surface area (Å²) < 4.78 is 43.6. The number of pyridine rings is 1. The molecule has 0 aliphatic carbocycles. The van der Waals surface area contributed by atoms with Gasteiger partial charge < -0.3 is 4.74 Å². The summed E-state index contributed by atoms with van der Waals surface area (Å²) >= 11 is 0. The van der Waals surface area contributed by atoms with Crippen LogP contribution in [-0.4, -0.2) is 24.0 Å². The van der Waals surface area contributed by atoms with Crippen molar-refractivity contribution in [2.45, 2.75) is 33.1 Å². The largest absolute Gasteiger partial charge is 0.417 e. The van der Waals surface area contributed by atoms with Gasteiger partial charge in [0.05, 0.1) is 11.1 Å². The quantitative estimate of drug-likeness (QED) is 0.794. The lowest BCUT2D eigenvalue weighted by atomic mass is 9.84. The monoisotopic (exact) mass is 275 g/mol. The second kappa shape index (κ2) is 5.28.